The van der Waals surface area contributed by atoms with Crippen molar-refractivity contribution in [2.75, 3.05) is 40.0 Å². The molecule has 5 heteroatoms. The van der Waals surface area contributed by atoms with Crippen molar-refractivity contribution in [3.05, 3.63) is 63.1 Å². The predicted octanol–water partition coefficient (Wildman–Crippen LogP) is 5.59. The van der Waals surface area contributed by atoms with Crippen molar-refractivity contribution in [3.8, 4) is 5.75 Å². The molecule has 0 spiro atoms. The molecule has 33 heavy (non-hydrogen) atoms. The maximum Gasteiger partial charge on any atom is 0.133 e. The Kier molecular flexibility index (Phi) is 8.99. The van der Waals surface area contributed by atoms with Crippen molar-refractivity contribution in [1.29, 1.82) is 0 Å². The predicted molar refractivity (Wildman–Crippen MR) is 136 cm³/mol. The number of likely N-dealkylation sites (tertiary alicyclic amines) is 1. The van der Waals surface area contributed by atoms with E-state index in [4.69, 9.17) is 9.47 Å². The largest absolute Gasteiger partial charge is 0.490 e. The molecule has 1 unspecified atom stereocenters. The number of piperidine rings is 1. The fourth-order valence-corrected chi connectivity index (χ4v) is 5.60. The first-order valence-corrected chi connectivity index (χ1v) is 13.1. The highest BCUT2D eigenvalue weighted by atomic mass is 79.9. The standard InChI is InChI=1S/C28H36BrNO3/c1-32-15-16-33-28-19-23(6-8-27(28)29)17-22-10-13-30(14-11-22)12-9-21-5-7-24-3-2-4-25(20-31)26(24)18-21/h5-8,18-20,22,25H,2-4,9-17H2,1H3. The lowest BCUT2D eigenvalue weighted by Crippen LogP contribution is -2.35. The number of hydrogen-bond donors (Lipinski definition) is 0. The van der Waals surface area contributed by atoms with Crippen LogP contribution in [0.1, 0.15) is 53.9 Å². The minimum absolute atomic E-state index is 0.106. The molecule has 0 N–H and O–H groups in total. The lowest BCUT2D eigenvalue weighted by molar-refractivity contribution is -0.109. The van der Waals surface area contributed by atoms with Crippen LogP contribution in [0.3, 0.4) is 0 Å². The van der Waals surface area contributed by atoms with Gasteiger partial charge in [0.15, 0.2) is 0 Å². The van der Waals surface area contributed by atoms with Gasteiger partial charge in [-0.15, -0.1) is 0 Å². The van der Waals surface area contributed by atoms with E-state index in [0.29, 0.717) is 13.2 Å². The monoisotopic (exact) mass is 513 g/mol. The highest BCUT2D eigenvalue weighted by Crippen LogP contribution is 2.32. The van der Waals surface area contributed by atoms with Crippen LogP contribution < -0.4 is 4.74 Å². The van der Waals surface area contributed by atoms with Gasteiger partial charge in [0.25, 0.3) is 0 Å². The Bertz CT molecular complexity index is 923. The van der Waals surface area contributed by atoms with E-state index in [9.17, 15) is 4.79 Å². The quantitative estimate of drug-likeness (QED) is 0.306. The van der Waals surface area contributed by atoms with Crippen molar-refractivity contribution in [2.45, 2.75) is 50.9 Å². The van der Waals surface area contributed by atoms with Crippen LogP contribution >= 0.6 is 15.9 Å². The Morgan fingerprint density at radius 2 is 1.88 bits per heavy atom. The van der Waals surface area contributed by atoms with E-state index < -0.39 is 0 Å². The minimum atomic E-state index is 0.106. The van der Waals surface area contributed by atoms with Crippen molar-refractivity contribution < 1.29 is 14.3 Å². The van der Waals surface area contributed by atoms with Gasteiger partial charge in [0.05, 0.1) is 11.1 Å². The number of aryl methyl sites for hydroxylation is 1. The summed E-state index contributed by atoms with van der Waals surface area (Å²) in [6, 6.07) is 13.3. The maximum atomic E-state index is 11.5. The minimum Gasteiger partial charge on any atom is -0.490 e. The van der Waals surface area contributed by atoms with Gasteiger partial charge in [0.2, 0.25) is 0 Å². The van der Waals surface area contributed by atoms with Gasteiger partial charge in [0.1, 0.15) is 18.6 Å². The van der Waals surface area contributed by atoms with Crippen LogP contribution in [0, 0.1) is 5.92 Å². The molecular formula is C28H36BrNO3. The van der Waals surface area contributed by atoms with E-state index in [1.165, 1.54) is 48.2 Å². The lowest BCUT2D eigenvalue weighted by atomic mass is 9.82. The summed E-state index contributed by atoms with van der Waals surface area (Å²) in [7, 11) is 1.69. The molecular weight excluding hydrogens is 478 g/mol. The van der Waals surface area contributed by atoms with Gasteiger partial charge >= 0.3 is 0 Å². The van der Waals surface area contributed by atoms with Crippen LogP contribution in [0.5, 0.6) is 5.75 Å². The third-order valence-electron chi connectivity index (χ3n) is 7.22. The van der Waals surface area contributed by atoms with Crippen molar-refractivity contribution >= 4 is 22.2 Å². The smallest absolute Gasteiger partial charge is 0.133 e. The zero-order valence-corrected chi connectivity index (χ0v) is 21.3. The fourth-order valence-electron chi connectivity index (χ4n) is 5.24. The van der Waals surface area contributed by atoms with Gasteiger partial charge in [-0.1, -0.05) is 24.3 Å². The van der Waals surface area contributed by atoms with E-state index in [0.717, 1.165) is 61.1 Å². The second kappa shape index (κ2) is 12.1. The summed E-state index contributed by atoms with van der Waals surface area (Å²) in [6.07, 6.45) is 9.07. The number of fused-ring (bicyclic) bond motifs is 1. The van der Waals surface area contributed by atoms with Gasteiger partial charge < -0.3 is 19.2 Å². The third-order valence-corrected chi connectivity index (χ3v) is 7.88. The zero-order chi connectivity index (χ0) is 23.0. The molecule has 0 aromatic heterocycles. The van der Waals surface area contributed by atoms with E-state index >= 15 is 0 Å². The number of benzene rings is 2. The molecule has 178 valence electrons. The van der Waals surface area contributed by atoms with Crippen LogP contribution in [0.4, 0.5) is 0 Å². The van der Waals surface area contributed by atoms with Gasteiger partial charge in [-0.25, -0.2) is 0 Å². The van der Waals surface area contributed by atoms with Crippen LogP contribution in [-0.2, 0) is 28.8 Å². The number of carbonyl (C=O) groups excluding carboxylic acids is 1. The Morgan fingerprint density at radius 1 is 1.06 bits per heavy atom. The molecule has 2 aromatic carbocycles. The molecule has 1 heterocycles. The number of hydrogen-bond acceptors (Lipinski definition) is 4. The summed E-state index contributed by atoms with van der Waals surface area (Å²) in [4.78, 5) is 14.1. The van der Waals surface area contributed by atoms with Gasteiger partial charge in [-0.3, -0.25) is 0 Å². The second-order valence-electron chi connectivity index (χ2n) is 9.51. The number of methoxy groups -OCH3 is 1. The Hall–Kier alpha value is -1.69. The first kappa shape index (κ1) is 24.4. The first-order valence-electron chi connectivity index (χ1n) is 12.4. The van der Waals surface area contributed by atoms with Gasteiger partial charge in [-0.05, 0) is 114 Å². The Morgan fingerprint density at radius 3 is 2.67 bits per heavy atom. The molecule has 1 aliphatic heterocycles. The topological polar surface area (TPSA) is 38.8 Å². The molecule has 4 nitrogen and oxygen atoms in total. The summed E-state index contributed by atoms with van der Waals surface area (Å²) in [5.74, 6) is 1.74. The molecule has 1 aliphatic carbocycles. The van der Waals surface area contributed by atoms with E-state index in [1.807, 2.05) is 0 Å². The highest BCUT2D eigenvalue weighted by Gasteiger charge is 2.22. The van der Waals surface area contributed by atoms with Crippen molar-refractivity contribution in [1.82, 2.24) is 4.90 Å². The number of carbonyl (C=O) groups is 1. The molecule has 2 aliphatic rings. The molecule has 0 saturated carbocycles. The Labute approximate surface area is 206 Å². The molecule has 0 amide bonds. The summed E-state index contributed by atoms with van der Waals surface area (Å²) in [5, 5.41) is 0. The van der Waals surface area contributed by atoms with Crippen LogP contribution in [0.15, 0.2) is 40.9 Å². The molecule has 0 bridgehead atoms. The highest BCUT2D eigenvalue weighted by molar-refractivity contribution is 9.10. The van der Waals surface area contributed by atoms with E-state index in [2.05, 4.69) is 57.2 Å². The number of aldehydes is 1. The normalized spacial score (nSPS) is 19.3. The second-order valence-corrected chi connectivity index (χ2v) is 10.4. The van der Waals surface area contributed by atoms with E-state index in [1.54, 1.807) is 7.11 Å². The van der Waals surface area contributed by atoms with Crippen molar-refractivity contribution in [2.24, 2.45) is 5.92 Å². The number of nitrogens with zero attached hydrogens (tertiary/aromatic N) is 1. The third kappa shape index (κ3) is 6.68. The molecule has 1 fully saturated rings. The average Bonchev–Trinajstić information content (AvgIpc) is 2.85. The lowest BCUT2D eigenvalue weighted by Gasteiger charge is -2.32. The van der Waals surface area contributed by atoms with E-state index in [-0.39, 0.29) is 5.92 Å². The average molecular weight is 515 g/mol. The zero-order valence-electron chi connectivity index (χ0n) is 19.7. The van der Waals surface area contributed by atoms with Crippen LogP contribution in [0.2, 0.25) is 0 Å². The Balaban J connectivity index is 1.24. The summed E-state index contributed by atoms with van der Waals surface area (Å²) >= 11 is 3.59. The number of rotatable bonds is 10. The first-order chi connectivity index (χ1) is 16.2. The van der Waals surface area contributed by atoms with Crippen molar-refractivity contribution in [3.63, 3.8) is 0 Å². The van der Waals surface area contributed by atoms with Crippen LogP contribution in [-0.4, -0.2) is 51.1 Å². The molecule has 0 radical (unpaired) electrons. The summed E-state index contributed by atoms with van der Waals surface area (Å²) in [6.45, 7) is 4.60. The van der Waals surface area contributed by atoms with Crippen LogP contribution in [0.25, 0.3) is 0 Å². The summed E-state index contributed by atoms with van der Waals surface area (Å²) in [5.41, 5.74) is 5.39. The SMILES string of the molecule is COCCOc1cc(CC2CCN(CCc3ccc4c(c3)C(C=O)CCC4)CC2)ccc1Br. The number of halogens is 1. The van der Waals surface area contributed by atoms with Gasteiger partial charge in [0, 0.05) is 19.6 Å². The molecule has 4 rings (SSSR count). The fraction of sp³-hybridized carbons (Fsp3) is 0.536. The number of ether oxygens (including phenoxy) is 2. The van der Waals surface area contributed by atoms with Gasteiger partial charge in [-0.2, -0.15) is 0 Å². The molecule has 1 atom stereocenters. The molecule has 1 saturated heterocycles. The molecule has 2 aromatic rings. The maximum absolute atomic E-state index is 11.5. The summed E-state index contributed by atoms with van der Waals surface area (Å²) < 4.78 is 11.9.